The third-order valence-electron chi connectivity index (χ3n) is 2.89. The molecule has 4 nitrogen and oxygen atoms in total. The predicted molar refractivity (Wildman–Crippen MR) is 91.1 cm³/mol. The van der Waals surface area contributed by atoms with Crippen LogP contribution in [0.25, 0.3) is 0 Å². The summed E-state index contributed by atoms with van der Waals surface area (Å²) in [5, 5.41) is 3.29. The van der Waals surface area contributed by atoms with Crippen LogP contribution in [0.15, 0.2) is 34.8 Å². The molecule has 0 aliphatic carbocycles. The number of nitrogens with two attached hydrogens (primary N) is 1. The molecule has 1 heterocycles. The normalized spacial score (nSPS) is 10.7. The van der Waals surface area contributed by atoms with Crippen LogP contribution in [0.5, 0.6) is 5.88 Å². The Morgan fingerprint density at radius 3 is 2.71 bits per heavy atom. The zero-order valence-corrected chi connectivity index (χ0v) is 14.1. The van der Waals surface area contributed by atoms with Crippen molar-refractivity contribution >= 4 is 33.1 Å². The summed E-state index contributed by atoms with van der Waals surface area (Å²) in [6.07, 6.45) is 0. The summed E-state index contributed by atoms with van der Waals surface area (Å²) >= 11 is 3.46. The van der Waals surface area contributed by atoms with Gasteiger partial charge in [-0.15, -0.1) is 0 Å². The van der Waals surface area contributed by atoms with E-state index in [4.69, 9.17) is 10.5 Å². The van der Waals surface area contributed by atoms with Gasteiger partial charge in [0.25, 0.3) is 0 Å². The lowest BCUT2D eigenvalue weighted by molar-refractivity contribution is 0.263. The van der Waals surface area contributed by atoms with Crippen LogP contribution in [-0.2, 0) is 0 Å². The van der Waals surface area contributed by atoms with E-state index in [1.54, 1.807) is 6.07 Å². The molecule has 0 saturated heterocycles. The molecular formula is C16H20BrN3O. The fraction of sp³-hybridized carbons (Fsp3) is 0.312. The molecule has 0 saturated carbocycles. The Morgan fingerprint density at radius 1 is 1.29 bits per heavy atom. The van der Waals surface area contributed by atoms with Gasteiger partial charge >= 0.3 is 0 Å². The van der Waals surface area contributed by atoms with Crippen molar-refractivity contribution in [3.05, 3.63) is 40.4 Å². The molecule has 112 valence electrons. The molecule has 21 heavy (non-hydrogen) atoms. The van der Waals surface area contributed by atoms with Gasteiger partial charge in [-0.1, -0.05) is 29.8 Å². The van der Waals surface area contributed by atoms with Crippen molar-refractivity contribution < 1.29 is 4.74 Å². The maximum atomic E-state index is 5.90. The van der Waals surface area contributed by atoms with Crippen molar-refractivity contribution in [1.82, 2.24) is 4.98 Å². The summed E-state index contributed by atoms with van der Waals surface area (Å²) in [4.78, 5) is 4.43. The summed E-state index contributed by atoms with van der Waals surface area (Å²) in [6.45, 7) is 6.81. The lowest BCUT2D eigenvalue weighted by Crippen LogP contribution is -2.08. The first-order valence-corrected chi connectivity index (χ1v) is 7.67. The van der Waals surface area contributed by atoms with E-state index in [0.717, 1.165) is 15.7 Å². The molecule has 1 aromatic heterocycles. The molecular weight excluding hydrogens is 330 g/mol. The Hall–Kier alpha value is -1.75. The van der Waals surface area contributed by atoms with Gasteiger partial charge in [-0.2, -0.15) is 4.98 Å². The van der Waals surface area contributed by atoms with E-state index in [2.05, 4.69) is 46.1 Å². The van der Waals surface area contributed by atoms with Gasteiger partial charge in [0.15, 0.2) is 0 Å². The standard InChI is InChI=1S/C16H20BrN3O/c1-10(2)9-21-16-13(18)5-7-15(20-16)19-14-6-4-12(17)8-11(14)3/h4-8,10H,9,18H2,1-3H3,(H,19,20). The minimum Gasteiger partial charge on any atom is -0.476 e. The van der Waals surface area contributed by atoms with E-state index in [1.165, 1.54) is 0 Å². The summed E-state index contributed by atoms with van der Waals surface area (Å²) < 4.78 is 6.69. The third-order valence-corrected chi connectivity index (χ3v) is 3.39. The van der Waals surface area contributed by atoms with Crippen LogP contribution in [0, 0.1) is 12.8 Å². The highest BCUT2D eigenvalue weighted by Crippen LogP contribution is 2.26. The average Bonchev–Trinajstić information content (AvgIpc) is 2.42. The maximum absolute atomic E-state index is 5.90. The number of rotatable bonds is 5. The molecule has 0 unspecified atom stereocenters. The summed E-state index contributed by atoms with van der Waals surface area (Å²) in [5.41, 5.74) is 8.58. The first kappa shape index (κ1) is 15.6. The molecule has 0 spiro atoms. The number of pyridine rings is 1. The zero-order chi connectivity index (χ0) is 15.4. The number of benzene rings is 1. The SMILES string of the molecule is Cc1cc(Br)ccc1Nc1ccc(N)c(OCC(C)C)n1. The lowest BCUT2D eigenvalue weighted by atomic mass is 10.2. The molecule has 0 fully saturated rings. The molecule has 0 atom stereocenters. The van der Waals surface area contributed by atoms with Crippen LogP contribution in [0.3, 0.4) is 0 Å². The Bertz CT molecular complexity index is 629. The molecule has 2 rings (SSSR count). The van der Waals surface area contributed by atoms with Gasteiger partial charge in [0, 0.05) is 10.2 Å². The number of hydrogen-bond donors (Lipinski definition) is 2. The first-order chi connectivity index (χ1) is 9.95. The minimum absolute atomic E-state index is 0.427. The Labute approximate surface area is 133 Å². The number of nitrogen functional groups attached to an aromatic ring is 1. The molecule has 0 radical (unpaired) electrons. The van der Waals surface area contributed by atoms with Crippen molar-refractivity contribution in [1.29, 1.82) is 0 Å². The first-order valence-electron chi connectivity index (χ1n) is 6.88. The van der Waals surface area contributed by atoms with E-state index < -0.39 is 0 Å². The highest BCUT2D eigenvalue weighted by Gasteiger charge is 2.07. The number of aromatic nitrogens is 1. The average molecular weight is 350 g/mol. The van der Waals surface area contributed by atoms with Gasteiger partial charge in [0.2, 0.25) is 5.88 Å². The summed E-state index contributed by atoms with van der Waals surface area (Å²) in [5.74, 6) is 1.62. The number of anilines is 3. The van der Waals surface area contributed by atoms with Crippen molar-refractivity contribution in [3.8, 4) is 5.88 Å². The van der Waals surface area contributed by atoms with Crippen LogP contribution < -0.4 is 15.8 Å². The van der Waals surface area contributed by atoms with Crippen LogP contribution in [0.1, 0.15) is 19.4 Å². The smallest absolute Gasteiger partial charge is 0.239 e. The van der Waals surface area contributed by atoms with Gasteiger partial charge < -0.3 is 15.8 Å². The van der Waals surface area contributed by atoms with E-state index in [1.807, 2.05) is 25.1 Å². The third kappa shape index (κ3) is 4.36. The second-order valence-electron chi connectivity index (χ2n) is 5.38. The Balaban J connectivity index is 2.18. The molecule has 1 aromatic carbocycles. The lowest BCUT2D eigenvalue weighted by Gasteiger charge is -2.13. The molecule has 0 aliphatic rings. The molecule has 0 amide bonds. The Kier molecular flexibility index (Phi) is 5.07. The summed E-state index contributed by atoms with van der Waals surface area (Å²) in [6, 6.07) is 9.70. The largest absolute Gasteiger partial charge is 0.476 e. The molecule has 0 aliphatic heterocycles. The van der Waals surface area contributed by atoms with E-state index >= 15 is 0 Å². The molecule has 3 N–H and O–H groups in total. The molecule has 2 aromatic rings. The van der Waals surface area contributed by atoms with Gasteiger partial charge in [0.1, 0.15) is 5.82 Å². The van der Waals surface area contributed by atoms with Crippen molar-refractivity contribution in [2.45, 2.75) is 20.8 Å². The zero-order valence-electron chi connectivity index (χ0n) is 12.5. The van der Waals surface area contributed by atoms with Crippen LogP contribution in [-0.4, -0.2) is 11.6 Å². The topological polar surface area (TPSA) is 60.2 Å². The molecule has 5 heteroatoms. The number of ether oxygens (including phenoxy) is 1. The van der Waals surface area contributed by atoms with Crippen molar-refractivity contribution in [3.63, 3.8) is 0 Å². The van der Waals surface area contributed by atoms with Crippen LogP contribution in [0.4, 0.5) is 17.2 Å². The van der Waals surface area contributed by atoms with Crippen molar-refractivity contribution in [2.24, 2.45) is 5.92 Å². The number of nitrogens with one attached hydrogen (secondary N) is 1. The predicted octanol–water partition coefficient (Wildman–Crippen LogP) is 4.51. The fourth-order valence-electron chi connectivity index (χ4n) is 1.79. The van der Waals surface area contributed by atoms with E-state index in [0.29, 0.717) is 29.9 Å². The highest BCUT2D eigenvalue weighted by molar-refractivity contribution is 9.10. The second-order valence-corrected chi connectivity index (χ2v) is 6.30. The Morgan fingerprint density at radius 2 is 2.05 bits per heavy atom. The van der Waals surface area contributed by atoms with E-state index in [-0.39, 0.29) is 0 Å². The maximum Gasteiger partial charge on any atom is 0.239 e. The van der Waals surface area contributed by atoms with Crippen LogP contribution >= 0.6 is 15.9 Å². The summed E-state index contributed by atoms with van der Waals surface area (Å²) in [7, 11) is 0. The van der Waals surface area contributed by atoms with Gasteiger partial charge in [-0.25, -0.2) is 0 Å². The number of nitrogens with zero attached hydrogens (tertiary/aromatic N) is 1. The van der Waals surface area contributed by atoms with Crippen molar-refractivity contribution in [2.75, 3.05) is 17.7 Å². The quantitative estimate of drug-likeness (QED) is 0.833. The van der Waals surface area contributed by atoms with Crippen LogP contribution in [0.2, 0.25) is 0 Å². The fourth-order valence-corrected chi connectivity index (χ4v) is 2.26. The number of hydrogen-bond acceptors (Lipinski definition) is 4. The molecule has 0 bridgehead atoms. The van der Waals surface area contributed by atoms with Gasteiger partial charge in [0.05, 0.1) is 12.3 Å². The second kappa shape index (κ2) is 6.80. The van der Waals surface area contributed by atoms with Gasteiger partial charge in [-0.05, 0) is 48.7 Å². The highest BCUT2D eigenvalue weighted by atomic mass is 79.9. The monoisotopic (exact) mass is 349 g/mol. The minimum atomic E-state index is 0.427. The number of halogens is 1. The number of aryl methyl sites for hydroxylation is 1. The van der Waals surface area contributed by atoms with E-state index in [9.17, 15) is 0 Å². The van der Waals surface area contributed by atoms with Gasteiger partial charge in [-0.3, -0.25) is 0 Å².